The summed E-state index contributed by atoms with van der Waals surface area (Å²) < 4.78 is 40.8. The molecule has 1 aromatic carbocycles. The Morgan fingerprint density at radius 1 is 1.29 bits per heavy atom. The molecule has 0 fully saturated rings. The number of aryl methyl sites for hydroxylation is 1. The van der Waals surface area contributed by atoms with Gasteiger partial charge in [-0.1, -0.05) is 19.9 Å². The third kappa shape index (κ3) is 4.49. The zero-order chi connectivity index (χ0) is 16.1. The largest absolute Gasteiger partial charge is 0.396 e. The smallest absolute Gasteiger partial charge is 0.243 e. The van der Waals surface area contributed by atoms with Gasteiger partial charge in [0.15, 0.2) is 0 Å². The van der Waals surface area contributed by atoms with Crippen molar-refractivity contribution < 1.29 is 17.9 Å². The monoisotopic (exact) mass is 317 g/mol. The third-order valence-corrected chi connectivity index (χ3v) is 5.57. The molecule has 0 amide bonds. The summed E-state index contributed by atoms with van der Waals surface area (Å²) >= 11 is 0. The fourth-order valence-corrected chi connectivity index (χ4v) is 3.64. The van der Waals surface area contributed by atoms with E-state index in [2.05, 4.69) is 4.72 Å². The minimum Gasteiger partial charge on any atom is -0.396 e. The second-order valence-electron chi connectivity index (χ2n) is 5.44. The number of benzene rings is 1. The zero-order valence-corrected chi connectivity index (χ0v) is 13.6. The summed E-state index contributed by atoms with van der Waals surface area (Å²) in [5.41, 5.74) is 0.381. The van der Waals surface area contributed by atoms with Crippen LogP contribution in [0.15, 0.2) is 23.1 Å². The van der Waals surface area contributed by atoms with Crippen LogP contribution in [0.5, 0.6) is 0 Å². The van der Waals surface area contributed by atoms with Gasteiger partial charge in [-0.05, 0) is 49.3 Å². The molecule has 0 spiro atoms. The third-order valence-electron chi connectivity index (χ3n) is 4.16. The quantitative estimate of drug-likeness (QED) is 0.774. The van der Waals surface area contributed by atoms with Crippen molar-refractivity contribution in [3.05, 3.63) is 29.6 Å². The number of sulfonamides is 1. The van der Waals surface area contributed by atoms with Crippen LogP contribution in [0.3, 0.4) is 0 Å². The number of halogens is 1. The molecule has 0 aromatic heterocycles. The van der Waals surface area contributed by atoms with Gasteiger partial charge in [0.1, 0.15) is 10.7 Å². The summed E-state index contributed by atoms with van der Waals surface area (Å²) in [5, 5.41) is 9.15. The first-order valence-corrected chi connectivity index (χ1v) is 8.65. The van der Waals surface area contributed by atoms with Crippen molar-refractivity contribution in [2.75, 3.05) is 13.2 Å². The van der Waals surface area contributed by atoms with E-state index in [0.29, 0.717) is 12.0 Å². The van der Waals surface area contributed by atoms with Gasteiger partial charge in [-0.15, -0.1) is 0 Å². The van der Waals surface area contributed by atoms with E-state index in [-0.39, 0.29) is 23.5 Å². The van der Waals surface area contributed by atoms with Crippen LogP contribution in [0.2, 0.25) is 0 Å². The van der Waals surface area contributed by atoms with E-state index < -0.39 is 15.8 Å². The van der Waals surface area contributed by atoms with E-state index in [1.807, 2.05) is 13.8 Å². The van der Waals surface area contributed by atoms with Gasteiger partial charge in [-0.3, -0.25) is 0 Å². The number of nitrogens with one attached hydrogen (secondary N) is 1. The Kier molecular flexibility index (Phi) is 6.31. The van der Waals surface area contributed by atoms with Gasteiger partial charge in [0.05, 0.1) is 0 Å². The lowest BCUT2D eigenvalue weighted by Gasteiger charge is -2.31. The molecule has 1 aromatic rings. The Morgan fingerprint density at radius 3 is 2.43 bits per heavy atom. The minimum atomic E-state index is -3.89. The summed E-state index contributed by atoms with van der Waals surface area (Å²) in [7, 11) is -3.89. The summed E-state index contributed by atoms with van der Waals surface area (Å²) in [6, 6.07) is 4.01. The Balaban J connectivity index is 2.97. The molecule has 0 radical (unpaired) electrons. The highest BCUT2D eigenvalue weighted by molar-refractivity contribution is 7.89. The van der Waals surface area contributed by atoms with Gasteiger partial charge in [0, 0.05) is 13.2 Å². The molecule has 21 heavy (non-hydrogen) atoms. The van der Waals surface area contributed by atoms with E-state index in [9.17, 15) is 12.8 Å². The zero-order valence-electron chi connectivity index (χ0n) is 12.8. The predicted octanol–water partition coefficient (Wildman–Crippen LogP) is 2.60. The number of hydrogen-bond donors (Lipinski definition) is 2. The Bertz CT molecular complexity index is 568. The molecule has 0 heterocycles. The van der Waals surface area contributed by atoms with Crippen molar-refractivity contribution in [3.63, 3.8) is 0 Å². The van der Waals surface area contributed by atoms with E-state index in [1.54, 1.807) is 6.92 Å². The number of aliphatic hydroxyl groups is 1. The maximum absolute atomic E-state index is 13.7. The van der Waals surface area contributed by atoms with Crippen LogP contribution in [-0.4, -0.2) is 26.7 Å². The van der Waals surface area contributed by atoms with Crippen molar-refractivity contribution in [3.8, 4) is 0 Å². The highest BCUT2D eigenvalue weighted by Crippen LogP contribution is 2.30. The first-order valence-electron chi connectivity index (χ1n) is 7.17. The van der Waals surface area contributed by atoms with Crippen LogP contribution in [0.1, 0.15) is 38.7 Å². The molecule has 0 aliphatic carbocycles. The Hall–Kier alpha value is -0.980. The lowest BCUT2D eigenvalue weighted by atomic mass is 9.80. The molecule has 0 saturated carbocycles. The summed E-state index contributed by atoms with van der Waals surface area (Å²) in [6.45, 7) is 5.83. The molecule has 0 aliphatic heterocycles. The average Bonchev–Trinajstić information content (AvgIpc) is 2.46. The normalized spacial score (nSPS) is 12.6. The molecule has 6 heteroatoms. The number of aliphatic hydroxyl groups excluding tert-OH is 1. The van der Waals surface area contributed by atoms with Crippen molar-refractivity contribution in [1.29, 1.82) is 0 Å². The summed E-state index contributed by atoms with van der Waals surface area (Å²) in [4.78, 5) is -0.326. The topological polar surface area (TPSA) is 66.4 Å². The van der Waals surface area contributed by atoms with E-state index >= 15 is 0 Å². The number of rotatable bonds is 8. The highest BCUT2D eigenvalue weighted by atomic mass is 32.2. The van der Waals surface area contributed by atoms with Crippen LogP contribution >= 0.6 is 0 Å². The molecular formula is C15H24FNO3S. The average molecular weight is 317 g/mol. The molecule has 0 unspecified atom stereocenters. The lowest BCUT2D eigenvalue weighted by Crippen LogP contribution is -2.38. The van der Waals surface area contributed by atoms with E-state index in [4.69, 9.17) is 5.11 Å². The first-order chi connectivity index (χ1) is 9.80. The molecule has 0 aliphatic rings. The van der Waals surface area contributed by atoms with Crippen molar-refractivity contribution in [1.82, 2.24) is 4.72 Å². The molecule has 120 valence electrons. The number of hydrogen-bond acceptors (Lipinski definition) is 3. The maximum Gasteiger partial charge on any atom is 0.243 e. The standard InChI is InChI=1S/C15H24FNO3S/c1-4-15(5-2,8-9-18)11-17-21(19,20)14-10-12(3)6-7-13(14)16/h6-7,10,17-18H,4-5,8-9,11H2,1-3H3. The van der Waals surface area contributed by atoms with Crippen LogP contribution in [0.25, 0.3) is 0 Å². The van der Waals surface area contributed by atoms with Crippen LogP contribution in [-0.2, 0) is 10.0 Å². The molecule has 0 saturated heterocycles. The van der Waals surface area contributed by atoms with Crippen molar-refractivity contribution in [2.24, 2.45) is 5.41 Å². The van der Waals surface area contributed by atoms with Crippen molar-refractivity contribution in [2.45, 2.75) is 44.9 Å². The molecule has 1 rings (SSSR count). The fourth-order valence-electron chi connectivity index (χ4n) is 2.32. The maximum atomic E-state index is 13.7. The summed E-state index contributed by atoms with van der Waals surface area (Å²) in [6.07, 6.45) is 1.99. The van der Waals surface area contributed by atoms with Gasteiger partial charge in [0.25, 0.3) is 0 Å². The van der Waals surface area contributed by atoms with Gasteiger partial charge < -0.3 is 5.11 Å². The van der Waals surface area contributed by atoms with Crippen molar-refractivity contribution >= 4 is 10.0 Å². The minimum absolute atomic E-state index is 0.00220. The molecule has 4 nitrogen and oxygen atoms in total. The van der Waals surface area contributed by atoms with Gasteiger partial charge in [0.2, 0.25) is 10.0 Å². The second kappa shape index (κ2) is 7.33. The SMILES string of the molecule is CCC(CC)(CCO)CNS(=O)(=O)c1cc(C)ccc1F. The molecular weight excluding hydrogens is 293 g/mol. The Morgan fingerprint density at radius 2 is 1.90 bits per heavy atom. The van der Waals surface area contributed by atoms with Gasteiger partial charge >= 0.3 is 0 Å². The van der Waals surface area contributed by atoms with Crippen LogP contribution in [0.4, 0.5) is 4.39 Å². The lowest BCUT2D eigenvalue weighted by molar-refractivity contribution is 0.170. The molecule has 2 N–H and O–H groups in total. The Labute approximate surface area is 126 Å². The first kappa shape index (κ1) is 18.1. The van der Waals surface area contributed by atoms with E-state index in [0.717, 1.165) is 18.9 Å². The predicted molar refractivity (Wildman–Crippen MR) is 81.0 cm³/mol. The fraction of sp³-hybridized carbons (Fsp3) is 0.600. The summed E-state index contributed by atoms with van der Waals surface area (Å²) in [5.74, 6) is -0.756. The van der Waals surface area contributed by atoms with Crippen LogP contribution < -0.4 is 4.72 Å². The van der Waals surface area contributed by atoms with E-state index in [1.165, 1.54) is 12.1 Å². The van der Waals surface area contributed by atoms with Gasteiger partial charge in [-0.25, -0.2) is 17.5 Å². The molecule has 0 bridgehead atoms. The van der Waals surface area contributed by atoms with Gasteiger partial charge in [-0.2, -0.15) is 0 Å². The van der Waals surface area contributed by atoms with Crippen LogP contribution in [0, 0.1) is 18.2 Å². The second-order valence-corrected chi connectivity index (χ2v) is 7.17. The molecule has 0 atom stereocenters. The highest BCUT2D eigenvalue weighted by Gasteiger charge is 2.29.